The molecule has 86 valence electrons. The Morgan fingerprint density at radius 3 is 2.88 bits per heavy atom. The third-order valence-corrected chi connectivity index (χ3v) is 2.61. The number of benzene rings is 1. The lowest BCUT2D eigenvalue weighted by Gasteiger charge is -1.96. The van der Waals surface area contributed by atoms with Crippen molar-refractivity contribution >= 4 is 22.9 Å². The van der Waals surface area contributed by atoms with Gasteiger partial charge < -0.3 is 19.6 Å². The number of rotatable bonds is 2. The summed E-state index contributed by atoms with van der Waals surface area (Å²) in [6.45, 7) is 0.224. The Kier molecular flexibility index (Phi) is 2.04. The molecule has 0 amide bonds. The maximum absolute atomic E-state index is 10.5. The van der Waals surface area contributed by atoms with Gasteiger partial charge in [-0.1, -0.05) is 0 Å². The van der Waals surface area contributed by atoms with Gasteiger partial charge in [-0.3, -0.25) is 0 Å². The zero-order valence-electron chi connectivity index (χ0n) is 8.77. The van der Waals surface area contributed by atoms with Crippen molar-refractivity contribution in [2.45, 2.75) is 0 Å². The van der Waals surface area contributed by atoms with Crippen molar-refractivity contribution in [1.82, 2.24) is 4.98 Å². The highest BCUT2D eigenvalue weighted by molar-refractivity contribution is 5.95. The maximum Gasteiger partial charge on any atom is 0.328 e. The summed E-state index contributed by atoms with van der Waals surface area (Å²) < 4.78 is 10.5. The molecule has 0 saturated heterocycles. The first-order valence-electron chi connectivity index (χ1n) is 5.06. The second kappa shape index (κ2) is 3.55. The number of carboxylic acids is 1. The van der Waals surface area contributed by atoms with E-state index in [-0.39, 0.29) is 6.79 Å². The van der Waals surface area contributed by atoms with Gasteiger partial charge in [0, 0.05) is 34.8 Å². The molecule has 2 heterocycles. The average Bonchev–Trinajstić information content (AvgIpc) is 2.88. The minimum absolute atomic E-state index is 0.224. The summed E-state index contributed by atoms with van der Waals surface area (Å²) in [7, 11) is 0. The minimum Gasteiger partial charge on any atom is -0.478 e. The first kappa shape index (κ1) is 9.77. The summed E-state index contributed by atoms with van der Waals surface area (Å²) in [5.41, 5.74) is 1.69. The molecule has 2 N–H and O–H groups in total. The van der Waals surface area contributed by atoms with E-state index in [4.69, 9.17) is 14.6 Å². The molecule has 0 aliphatic carbocycles. The quantitative estimate of drug-likeness (QED) is 0.775. The normalized spacial score (nSPS) is 13.6. The van der Waals surface area contributed by atoms with Crippen LogP contribution < -0.4 is 9.47 Å². The first-order valence-corrected chi connectivity index (χ1v) is 5.06. The summed E-state index contributed by atoms with van der Waals surface area (Å²) in [6, 6.07) is 3.69. The second-order valence-corrected chi connectivity index (χ2v) is 3.67. The highest BCUT2D eigenvalue weighted by Crippen LogP contribution is 2.37. The van der Waals surface area contributed by atoms with Crippen LogP contribution in [0.5, 0.6) is 11.5 Å². The third kappa shape index (κ3) is 1.61. The van der Waals surface area contributed by atoms with Crippen molar-refractivity contribution in [3.8, 4) is 11.5 Å². The van der Waals surface area contributed by atoms with E-state index < -0.39 is 5.97 Å². The van der Waals surface area contributed by atoms with Crippen molar-refractivity contribution < 1.29 is 19.4 Å². The van der Waals surface area contributed by atoms with Crippen LogP contribution in [0.1, 0.15) is 5.56 Å². The molecular formula is C12H9NO4. The second-order valence-electron chi connectivity index (χ2n) is 3.67. The lowest BCUT2D eigenvalue weighted by atomic mass is 10.1. The van der Waals surface area contributed by atoms with Gasteiger partial charge in [-0.25, -0.2) is 4.79 Å². The van der Waals surface area contributed by atoms with E-state index in [2.05, 4.69) is 4.98 Å². The number of hydrogen-bond donors (Lipinski definition) is 2. The molecule has 3 rings (SSSR count). The maximum atomic E-state index is 10.5. The van der Waals surface area contributed by atoms with Gasteiger partial charge in [0.15, 0.2) is 11.5 Å². The predicted molar refractivity (Wildman–Crippen MR) is 61.1 cm³/mol. The molecule has 0 atom stereocenters. The largest absolute Gasteiger partial charge is 0.478 e. The average molecular weight is 231 g/mol. The highest BCUT2D eigenvalue weighted by Gasteiger charge is 2.15. The van der Waals surface area contributed by atoms with Gasteiger partial charge in [-0.2, -0.15) is 0 Å². The molecule has 0 radical (unpaired) electrons. The molecule has 5 heteroatoms. The third-order valence-electron chi connectivity index (χ3n) is 2.61. The van der Waals surface area contributed by atoms with E-state index in [1.165, 1.54) is 0 Å². The number of hydrogen-bond acceptors (Lipinski definition) is 3. The van der Waals surface area contributed by atoms with Crippen molar-refractivity contribution in [1.29, 1.82) is 0 Å². The van der Waals surface area contributed by atoms with Crippen molar-refractivity contribution in [3.63, 3.8) is 0 Å². The Morgan fingerprint density at radius 2 is 2.12 bits per heavy atom. The number of nitrogens with one attached hydrogen (secondary N) is 1. The SMILES string of the molecule is O=C(O)/C=C/c1c[nH]c2cc3c(cc12)OCO3. The summed E-state index contributed by atoms with van der Waals surface area (Å²) >= 11 is 0. The minimum atomic E-state index is -0.972. The van der Waals surface area contributed by atoms with E-state index in [1.54, 1.807) is 12.3 Å². The Hall–Kier alpha value is -2.43. The van der Waals surface area contributed by atoms with E-state index in [1.807, 2.05) is 12.1 Å². The molecule has 0 unspecified atom stereocenters. The molecule has 1 aliphatic rings. The van der Waals surface area contributed by atoms with Crippen LogP contribution in [0.4, 0.5) is 0 Å². The van der Waals surface area contributed by atoms with Gasteiger partial charge in [0.1, 0.15) is 0 Å². The molecule has 0 spiro atoms. The lowest BCUT2D eigenvalue weighted by Crippen LogP contribution is -1.92. The predicted octanol–water partition coefficient (Wildman–Crippen LogP) is 1.99. The smallest absolute Gasteiger partial charge is 0.328 e. The van der Waals surface area contributed by atoms with Gasteiger partial charge >= 0.3 is 5.97 Å². The fourth-order valence-corrected chi connectivity index (χ4v) is 1.83. The van der Waals surface area contributed by atoms with Crippen LogP contribution in [0.15, 0.2) is 24.4 Å². The summed E-state index contributed by atoms with van der Waals surface area (Å²) in [6.07, 6.45) is 4.40. The summed E-state index contributed by atoms with van der Waals surface area (Å²) in [4.78, 5) is 13.5. The van der Waals surface area contributed by atoms with Gasteiger partial charge in [0.25, 0.3) is 0 Å². The molecule has 0 saturated carbocycles. The highest BCUT2D eigenvalue weighted by atomic mass is 16.7. The number of aliphatic carboxylic acids is 1. The van der Waals surface area contributed by atoms with Crippen LogP contribution in [0.25, 0.3) is 17.0 Å². The Labute approximate surface area is 96.3 Å². The number of carboxylic acid groups (broad SMARTS) is 1. The number of carbonyl (C=O) groups is 1. The number of aromatic amines is 1. The fraction of sp³-hybridized carbons (Fsp3) is 0.0833. The van der Waals surface area contributed by atoms with E-state index >= 15 is 0 Å². The van der Waals surface area contributed by atoms with Crippen molar-refractivity contribution in [3.05, 3.63) is 30.0 Å². The van der Waals surface area contributed by atoms with Crippen LogP contribution in [-0.2, 0) is 4.79 Å². The van der Waals surface area contributed by atoms with Gasteiger partial charge in [-0.15, -0.1) is 0 Å². The fourth-order valence-electron chi connectivity index (χ4n) is 1.83. The summed E-state index contributed by atoms with van der Waals surface area (Å²) in [5.74, 6) is 0.412. The van der Waals surface area contributed by atoms with Crippen LogP contribution in [0.2, 0.25) is 0 Å². The van der Waals surface area contributed by atoms with Gasteiger partial charge in [0.2, 0.25) is 6.79 Å². The number of ether oxygens (including phenoxy) is 2. The molecule has 1 aromatic carbocycles. The van der Waals surface area contributed by atoms with Crippen LogP contribution in [0, 0.1) is 0 Å². The molecule has 0 bridgehead atoms. The monoisotopic (exact) mass is 231 g/mol. The van der Waals surface area contributed by atoms with E-state index in [0.29, 0.717) is 11.5 Å². The zero-order chi connectivity index (χ0) is 11.8. The van der Waals surface area contributed by atoms with Crippen LogP contribution in [-0.4, -0.2) is 22.9 Å². The topological polar surface area (TPSA) is 71.5 Å². The number of fused-ring (bicyclic) bond motifs is 2. The lowest BCUT2D eigenvalue weighted by molar-refractivity contribution is -0.131. The van der Waals surface area contributed by atoms with Crippen LogP contribution in [0.3, 0.4) is 0 Å². The van der Waals surface area contributed by atoms with Gasteiger partial charge in [0.05, 0.1) is 0 Å². The Morgan fingerprint density at radius 1 is 1.35 bits per heavy atom. The summed E-state index contributed by atoms with van der Waals surface area (Å²) in [5, 5.41) is 9.51. The number of H-pyrrole nitrogens is 1. The molecule has 0 fully saturated rings. The standard InChI is InChI=1S/C12H9NO4/c14-12(15)2-1-7-5-13-9-4-11-10(3-8(7)9)16-6-17-11/h1-5,13H,6H2,(H,14,15)/b2-1+. The molecule has 17 heavy (non-hydrogen) atoms. The Balaban J connectivity index is 2.12. The molecule has 1 aliphatic heterocycles. The number of aromatic nitrogens is 1. The molecule has 5 nitrogen and oxygen atoms in total. The van der Waals surface area contributed by atoms with E-state index in [0.717, 1.165) is 22.5 Å². The molecule has 1 aromatic heterocycles. The van der Waals surface area contributed by atoms with Gasteiger partial charge in [-0.05, 0) is 12.1 Å². The van der Waals surface area contributed by atoms with Crippen LogP contribution >= 0.6 is 0 Å². The Bertz CT molecular complexity index is 627. The van der Waals surface area contributed by atoms with Crippen molar-refractivity contribution in [2.24, 2.45) is 0 Å². The zero-order valence-corrected chi connectivity index (χ0v) is 8.77. The molecule has 2 aromatic rings. The first-order chi connectivity index (χ1) is 8.24. The van der Waals surface area contributed by atoms with Crippen molar-refractivity contribution in [2.75, 3.05) is 6.79 Å². The molecular weight excluding hydrogens is 222 g/mol. The van der Waals surface area contributed by atoms with E-state index in [9.17, 15) is 4.79 Å².